The summed E-state index contributed by atoms with van der Waals surface area (Å²) in [6, 6.07) is 0.705. The molecule has 0 atom stereocenters. The van der Waals surface area contributed by atoms with Gasteiger partial charge in [-0.2, -0.15) is 0 Å². The summed E-state index contributed by atoms with van der Waals surface area (Å²) in [4.78, 5) is 17.3. The highest BCUT2D eigenvalue weighted by Crippen LogP contribution is 2.30. The van der Waals surface area contributed by atoms with E-state index in [2.05, 4.69) is 4.90 Å². The van der Waals surface area contributed by atoms with Crippen LogP contribution in [0.5, 0.6) is 0 Å². The Hall–Kier alpha value is -0.610. The fraction of sp³-hybridized carbons (Fsp3) is 0.938. The molecular weight excluding hydrogens is 250 g/mol. The van der Waals surface area contributed by atoms with Crippen molar-refractivity contribution in [1.82, 2.24) is 9.80 Å². The van der Waals surface area contributed by atoms with Gasteiger partial charge in [0.1, 0.15) is 0 Å². The summed E-state index contributed by atoms with van der Waals surface area (Å²) in [5.41, 5.74) is 5.78. The van der Waals surface area contributed by atoms with Gasteiger partial charge < -0.3 is 15.5 Å². The van der Waals surface area contributed by atoms with Gasteiger partial charge in [0.05, 0.1) is 5.54 Å². The highest BCUT2D eigenvalue weighted by molar-refractivity contribution is 5.86. The number of amides is 1. The minimum atomic E-state index is -0.530. The molecule has 3 fully saturated rings. The summed E-state index contributed by atoms with van der Waals surface area (Å²) >= 11 is 0. The summed E-state index contributed by atoms with van der Waals surface area (Å²) in [6.07, 6.45) is 10.4. The third kappa shape index (κ3) is 2.86. The fourth-order valence-electron chi connectivity index (χ4n) is 4.25. The Morgan fingerprint density at radius 2 is 1.50 bits per heavy atom. The lowest BCUT2D eigenvalue weighted by Crippen LogP contribution is -2.57. The average Bonchev–Trinajstić information content (AvgIpc) is 2.96. The smallest absolute Gasteiger partial charge is 0.242 e. The predicted octanol–water partition coefficient (Wildman–Crippen LogP) is 1.73. The molecule has 1 amide bonds. The monoisotopic (exact) mass is 279 g/mol. The standard InChI is InChI=1S/C16H29N3O/c17-16(8-2-3-9-16)15(20)19-12-6-14(7-13-19)18-10-4-1-5-11-18/h14H,1-13,17H2. The second-order valence-corrected chi connectivity index (χ2v) is 6.98. The first-order valence-corrected chi connectivity index (χ1v) is 8.51. The molecule has 0 unspecified atom stereocenters. The van der Waals surface area contributed by atoms with Crippen molar-refractivity contribution in [2.45, 2.75) is 69.4 Å². The maximum absolute atomic E-state index is 12.6. The molecule has 2 heterocycles. The third-order valence-electron chi connectivity index (χ3n) is 5.58. The Morgan fingerprint density at radius 1 is 0.900 bits per heavy atom. The van der Waals surface area contributed by atoms with E-state index in [1.54, 1.807) is 0 Å². The van der Waals surface area contributed by atoms with Crippen LogP contribution in [0, 0.1) is 0 Å². The normalized spacial score (nSPS) is 28.8. The molecule has 114 valence electrons. The SMILES string of the molecule is NC1(C(=O)N2CCC(N3CCCCC3)CC2)CCCC1. The number of rotatable bonds is 2. The molecule has 0 aromatic carbocycles. The van der Waals surface area contributed by atoms with Gasteiger partial charge >= 0.3 is 0 Å². The second kappa shape index (κ2) is 6.02. The van der Waals surface area contributed by atoms with E-state index in [1.807, 2.05) is 4.90 Å². The quantitative estimate of drug-likeness (QED) is 0.837. The summed E-state index contributed by atoms with van der Waals surface area (Å²) in [5.74, 6) is 0.229. The number of likely N-dealkylation sites (tertiary alicyclic amines) is 2. The Morgan fingerprint density at radius 3 is 2.10 bits per heavy atom. The fourth-order valence-corrected chi connectivity index (χ4v) is 4.25. The molecule has 0 radical (unpaired) electrons. The number of carbonyl (C=O) groups excluding carboxylic acids is 1. The van der Waals surface area contributed by atoms with E-state index in [0.717, 1.165) is 51.6 Å². The molecule has 0 bridgehead atoms. The number of nitrogens with two attached hydrogens (primary N) is 1. The van der Waals surface area contributed by atoms with E-state index in [9.17, 15) is 4.79 Å². The molecule has 2 saturated heterocycles. The highest BCUT2D eigenvalue weighted by Gasteiger charge is 2.41. The maximum atomic E-state index is 12.6. The minimum absolute atomic E-state index is 0.229. The van der Waals surface area contributed by atoms with Gasteiger partial charge in [-0.3, -0.25) is 4.79 Å². The molecule has 3 aliphatic rings. The van der Waals surface area contributed by atoms with Crippen LogP contribution in [-0.4, -0.2) is 53.5 Å². The van der Waals surface area contributed by atoms with Crippen LogP contribution >= 0.6 is 0 Å². The molecule has 3 rings (SSSR count). The van der Waals surface area contributed by atoms with Crippen molar-refractivity contribution < 1.29 is 4.79 Å². The van der Waals surface area contributed by atoms with Crippen LogP contribution in [-0.2, 0) is 4.79 Å². The Labute approximate surface area is 122 Å². The third-order valence-corrected chi connectivity index (χ3v) is 5.58. The lowest BCUT2D eigenvalue weighted by molar-refractivity contribution is -0.138. The second-order valence-electron chi connectivity index (χ2n) is 6.98. The van der Waals surface area contributed by atoms with Gasteiger partial charge in [0.2, 0.25) is 5.91 Å². The molecule has 0 aromatic rings. The van der Waals surface area contributed by atoms with Crippen LogP contribution in [0.4, 0.5) is 0 Å². The Balaban J connectivity index is 1.51. The zero-order valence-electron chi connectivity index (χ0n) is 12.6. The summed E-state index contributed by atoms with van der Waals surface area (Å²) < 4.78 is 0. The van der Waals surface area contributed by atoms with E-state index in [4.69, 9.17) is 5.73 Å². The van der Waals surface area contributed by atoms with Crippen LogP contribution < -0.4 is 5.73 Å². The van der Waals surface area contributed by atoms with Crippen LogP contribution in [0.2, 0.25) is 0 Å². The predicted molar refractivity (Wildman–Crippen MR) is 80.4 cm³/mol. The minimum Gasteiger partial charge on any atom is -0.341 e. The molecule has 4 heteroatoms. The molecular formula is C16H29N3O. The van der Waals surface area contributed by atoms with Gasteiger partial charge in [-0.25, -0.2) is 0 Å². The number of hydrogen-bond donors (Lipinski definition) is 1. The van der Waals surface area contributed by atoms with Crippen LogP contribution in [0.1, 0.15) is 57.8 Å². The molecule has 20 heavy (non-hydrogen) atoms. The molecule has 1 aliphatic carbocycles. The van der Waals surface area contributed by atoms with Gasteiger partial charge in [0, 0.05) is 19.1 Å². The van der Waals surface area contributed by atoms with Crippen LogP contribution in [0.25, 0.3) is 0 Å². The van der Waals surface area contributed by atoms with E-state index in [1.165, 1.54) is 32.4 Å². The maximum Gasteiger partial charge on any atom is 0.242 e. The zero-order chi connectivity index (χ0) is 14.0. The highest BCUT2D eigenvalue weighted by atomic mass is 16.2. The number of nitrogens with zero attached hydrogens (tertiary/aromatic N) is 2. The van der Waals surface area contributed by atoms with Crippen molar-refractivity contribution in [2.75, 3.05) is 26.2 Å². The summed E-state index contributed by atoms with van der Waals surface area (Å²) in [6.45, 7) is 4.36. The lowest BCUT2D eigenvalue weighted by Gasteiger charge is -2.42. The average molecular weight is 279 g/mol. The first-order chi connectivity index (χ1) is 9.69. The molecule has 1 saturated carbocycles. The Kier molecular flexibility index (Phi) is 4.32. The van der Waals surface area contributed by atoms with Crippen molar-refractivity contribution in [2.24, 2.45) is 5.73 Å². The lowest BCUT2D eigenvalue weighted by atomic mass is 9.94. The topological polar surface area (TPSA) is 49.6 Å². The van der Waals surface area contributed by atoms with Crippen molar-refractivity contribution in [3.63, 3.8) is 0 Å². The van der Waals surface area contributed by atoms with E-state index < -0.39 is 5.54 Å². The van der Waals surface area contributed by atoms with Crippen molar-refractivity contribution >= 4 is 5.91 Å². The van der Waals surface area contributed by atoms with E-state index >= 15 is 0 Å². The van der Waals surface area contributed by atoms with Gasteiger partial charge in [-0.1, -0.05) is 19.3 Å². The number of piperidine rings is 2. The van der Waals surface area contributed by atoms with E-state index in [0.29, 0.717) is 6.04 Å². The molecule has 2 N–H and O–H groups in total. The largest absolute Gasteiger partial charge is 0.341 e. The van der Waals surface area contributed by atoms with Gasteiger partial charge in [0.15, 0.2) is 0 Å². The van der Waals surface area contributed by atoms with Gasteiger partial charge in [-0.05, 0) is 51.6 Å². The summed E-state index contributed by atoms with van der Waals surface area (Å²) in [5, 5.41) is 0. The molecule has 2 aliphatic heterocycles. The summed E-state index contributed by atoms with van der Waals surface area (Å²) in [7, 11) is 0. The first kappa shape index (κ1) is 14.3. The number of carbonyl (C=O) groups is 1. The Bertz CT molecular complexity index is 338. The molecule has 4 nitrogen and oxygen atoms in total. The van der Waals surface area contributed by atoms with E-state index in [-0.39, 0.29) is 5.91 Å². The zero-order valence-corrected chi connectivity index (χ0v) is 12.6. The first-order valence-electron chi connectivity index (χ1n) is 8.51. The van der Waals surface area contributed by atoms with Crippen LogP contribution in [0.3, 0.4) is 0 Å². The van der Waals surface area contributed by atoms with Gasteiger partial charge in [0.25, 0.3) is 0 Å². The van der Waals surface area contributed by atoms with Gasteiger partial charge in [-0.15, -0.1) is 0 Å². The van der Waals surface area contributed by atoms with Crippen LogP contribution in [0.15, 0.2) is 0 Å². The van der Waals surface area contributed by atoms with Crippen molar-refractivity contribution in [1.29, 1.82) is 0 Å². The molecule has 0 spiro atoms. The molecule has 0 aromatic heterocycles. The number of hydrogen-bond acceptors (Lipinski definition) is 3. The van der Waals surface area contributed by atoms with Crippen molar-refractivity contribution in [3.8, 4) is 0 Å². The van der Waals surface area contributed by atoms with Crippen molar-refractivity contribution in [3.05, 3.63) is 0 Å².